The third-order valence-corrected chi connectivity index (χ3v) is 13.2. The lowest BCUT2D eigenvalue weighted by molar-refractivity contribution is -0.202. The van der Waals surface area contributed by atoms with Gasteiger partial charge in [0.25, 0.3) is 0 Å². The molecule has 35 heavy (non-hydrogen) atoms. The Labute approximate surface area is 212 Å². The molecule has 4 heteroatoms. The number of rotatable bonds is 2. The summed E-state index contributed by atoms with van der Waals surface area (Å²) in [7, 11) is 0. The Morgan fingerprint density at radius 3 is 2.26 bits per heavy atom. The first kappa shape index (κ1) is 25.5. The van der Waals surface area contributed by atoms with Crippen molar-refractivity contribution in [3.8, 4) is 0 Å². The molecular weight excluding hydrogens is 436 g/mol. The SMILES string of the molecule is CC1(CC(=O)O)CC[C@]2(C)CC[C@]3(C)C(=CC(=O)[C@@H]4[C@@]5(C)CC[C@H](O)C(C)(C)C5CC[C@]43C)[C@H]2C1. The van der Waals surface area contributed by atoms with E-state index in [1.165, 1.54) is 5.57 Å². The predicted molar refractivity (Wildman–Crippen MR) is 138 cm³/mol. The summed E-state index contributed by atoms with van der Waals surface area (Å²) in [6.45, 7) is 16.2. The van der Waals surface area contributed by atoms with Crippen molar-refractivity contribution >= 4 is 11.8 Å². The van der Waals surface area contributed by atoms with Crippen molar-refractivity contribution in [2.75, 3.05) is 0 Å². The molecular formula is C31H48O4. The summed E-state index contributed by atoms with van der Waals surface area (Å²) in [5, 5.41) is 20.5. The minimum atomic E-state index is -0.705. The van der Waals surface area contributed by atoms with Gasteiger partial charge in [0.05, 0.1) is 12.5 Å². The number of hydrogen-bond acceptors (Lipinski definition) is 3. The third-order valence-electron chi connectivity index (χ3n) is 13.2. The van der Waals surface area contributed by atoms with Crippen LogP contribution >= 0.6 is 0 Å². The van der Waals surface area contributed by atoms with Gasteiger partial charge in [-0.05, 0) is 108 Å². The highest BCUT2D eigenvalue weighted by Gasteiger charge is 2.70. The lowest BCUT2D eigenvalue weighted by Gasteiger charge is -2.70. The van der Waals surface area contributed by atoms with E-state index in [2.05, 4.69) is 54.5 Å². The fourth-order valence-electron chi connectivity index (χ4n) is 10.8. The highest BCUT2D eigenvalue weighted by atomic mass is 16.4. The maximum atomic E-state index is 14.3. The number of aliphatic hydroxyl groups is 1. The van der Waals surface area contributed by atoms with E-state index in [0.717, 1.165) is 57.8 Å². The first-order valence-corrected chi connectivity index (χ1v) is 14.2. The Bertz CT molecular complexity index is 980. The molecule has 0 aliphatic heterocycles. The molecule has 0 spiro atoms. The second kappa shape index (κ2) is 7.45. The van der Waals surface area contributed by atoms with Crippen molar-refractivity contribution in [1.82, 2.24) is 0 Å². The normalized spacial score (nSPS) is 52.9. The molecule has 5 aliphatic rings. The largest absolute Gasteiger partial charge is 0.481 e. The molecule has 5 rings (SSSR count). The molecule has 9 atom stereocenters. The lowest BCUT2D eigenvalue weighted by Crippen LogP contribution is -2.66. The molecule has 4 saturated carbocycles. The van der Waals surface area contributed by atoms with Crippen molar-refractivity contribution in [3.05, 3.63) is 11.6 Å². The first-order chi connectivity index (χ1) is 16.0. The fourth-order valence-corrected chi connectivity index (χ4v) is 10.8. The van der Waals surface area contributed by atoms with Gasteiger partial charge in [-0.25, -0.2) is 0 Å². The minimum absolute atomic E-state index is 0.00683. The van der Waals surface area contributed by atoms with Crippen molar-refractivity contribution in [1.29, 1.82) is 0 Å². The van der Waals surface area contributed by atoms with E-state index in [9.17, 15) is 19.8 Å². The molecule has 0 radical (unpaired) electrons. The average molecular weight is 485 g/mol. The van der Waals surface area contributed by atoms with Gasteiger partial charge in [-0.15, -0.1) is 0 Å². The van der Waals surface area contributed by atoms with E-state index in [1.807, 2.05) is 0 Å². The zero-order valence-corrected chi connectivity index (χ0v) is 23.2. The summed E-state index contributed by atoms with van der Waals surface area (Å²) in [4.78, 5) is 26.0. The molecule has 0 aromatic rings. The summed E-state index contributed by atoms with van der Waals surface area (Å²) in [6, 6.07) is 0. The van der Waals surface area contributed by atoms with E-state index < -0.39 is 5.97 Å². The van der Waals surface area contributed by atoms with Crippen LogP contribution in [0.15, 0.2) is 11.6 Å². The number of carboxylic acids is 1. The summed E-state index contributed by atoms with van der Waals surface area (Å²) in [6.07, 6.45) is 11.0. The van der Waals surface area contributed by atoms with Gasteiger partial charge < -0.3 is 10.2 Å². The molecule has 5 aliphatic carbocycles. The monoisotopic (exact) mass is 484 g/mol. The maximum Gasteiger partial charge on any atom is 0.303 e. The number of carbonyl (C=O) groups excluding carboxylic acids is 1. The zero-order valence-electron chi connectivity index (χ0n) is 23.2. The van der Waals surface area contributed by atoms with Gasteiger partial charge in [0, 0.05) is 5.92 Å². The Morgan fingerprint density at radius 2 is 1.60 bits per heavy atom. The van der Waals surface area contributed by atoms with Crippen LogP contribution in [0.3, 0.4) is 0 Å². The van der Waals surface area contributed by atoms with Crippen LogP contribution in [-0.2, 0) is 9.59 Å². The van der Waals surface area contributed by atoms with Gasteiger partial charge >= 0.3 is 5.97 Å². The number of hydrogen-bond donors (Lipinski definition) is 2. The summed E-state index contributed by atoms with van der Waals surface area (Å²) < 4.78 is 0. The number of carboxylic acid groups (broad SMARTS) is 1. The van der Waals surface area contributed by atoms with Gasteiger partial charge in [0.15, 0.2) is 5.78 Å². The molecule has 4 fully saturated rings. The van der Waals surface area contributed by atoms with Gasteiger partial charge in [0.1, 0.15) is 0 Å². The predicted octanol–water partition coefficient (Wildman–Crippen LogP) is 6.80. The van der Waals surface area contributed by atoms with Gasteiger partial charge in [-0.3, -0.25) is 9.59 Å². The van der Waals surface area contributed by atoms with Crippen LogP contribution in [0, 0.1) is 50.2 Å². The molecule has 196 valence electrons. The van der Waals surface area contributed by atoms with E-state index in [4.69, 9.17) is 0 Å². The molecule has 0 bridgehead atoms. The van der Waals surface area contributed by atoms with Crippen molar-refractivity contribution < 1.29 is 19.8 Å². The van der Waals surface area contributed by atoms with Crippen LogP contribution in [0.4, 0.5) is 0 Å². The van der Waals surface area contributed by atoms with Crippen LogP contribution < -0.4 is 0 Å². The lowest BCUT2D eigenvalue weighted by atomic mass is 9.33. The standard InChI is InChI=1S/C31H48O4/c1-26(2)22-8-11-31(7)25(29(22,5)10-9-23(26)33)21(32)16-19-20-17-27(3,18-24(34)35)12-13-28(20,4)14-15-30(19,31)6/h16,20,22-23,25,33H,8-15,17-18H2,1-7H3,(H,34,35)/t20-,22?,23+,25-,27?,28-,29+,30-,31-/m1/s1. The van der Waals surface area contributed by atoms with Crippen molar-refractivity contribution in [2.45, 2.75) is 119 Å². The molecule has 0 heterocycles. The van der Waals surface area contributed by atoms with Crippen LogP contribution in [0.1, 0.15) is 113 Å². The van der Waals surface area contributed by atoms with E-state index in [-0.39, 0.29) is 56.9 Å². The molecule has 0 aromatic carbocycles. The van der Waals surface area contributed by atoms with Crippen molar-refractivity contribution in [2.24, 2.45) is 50.2 Å². The Hall–Kier alpha value is -1.16. The van der Waals surface area contributed by atoms with E-state index in [0.29, 0.717) is 11.7 Å². The Morgan fingerprint density at radius 1 is 0.943 bits per heavy atom. The van der Waals surface area contributed by atoms with Crippen LogP contribution in [0.25, 0.3) is 0 Å². The van der Waals surface area contributed by atoms with Gasteiger partial charge in [-0.2, -0.15) is 0 Å². The summed E-state index contributed by atoms with van der Waals surface area (Å²) >= 11 is 0. The van der Waals surface area contributed by atoms with Crippen LogP contribution in [-0.4, -0.2) is 28.1 Å². The van der Waals surface area contributed by atoms with Crippen LogP contribution in [0.2, 0.25) is 0 Å². The van der Waals surface area contributed by atoms with Crippen LogP contribution in [0.5, 0.6) is 0 Å². The maximum absolute atomic E-state index is 14.3. The molecule has 2 N–H and O–H groups in total. The van der Waals surface area contributed by atoms with Crippen molar-refractivity contribution in [3.63, 3.8) is 0 Å². The molecule has 0 saturated heterocycles. The number of ketones is 1. The molecule has 4 nitrogen and oxygen atoms in total. The number of allylic oxidation sites excluding steroid dienone is 2. The second-order valence-electron chi connectivity index (χ2n) is 15.4. The van der Waals surface area contributed by atoms with E-state index >= 15 is 0 Å². The fraction of sp³-hybridized carbons (Fsp3) is 0.871. The topological polar surface area (TPSA) is 74.6 Å². The summed E-state index contributed by atoms with van der Waals surface area (Å²) in [5.74, 6) is 0.239. The average Bonchev–Trinajstić information content (AvgIpc) is 2.73. The van der Waals surface area contributed by atoms with Gasteiger partial charge in [0.2, 0.25) is 0 Å². The first-order valence-electron chi connectivity index (χ1n) is 14.2. The number of aliphatic hydroxyl groups excluding tert-OH is 1. The smallest absolute Gasteiger partial charge is 0.303 e. The molecule has 2 unspecified atom stereocenters. The summed E-state index contributed by atoms with van der Waals surface area (Å²) in [5.41, 5.74) is 0.901. The quantitative estimate of drug-likeness (QED) is 0.452. The Balaban J connectivity index is 1.59. The van der Waals surface area contributed by atoms with Gasteiger partial charge in [-0.1, -0.05) is 54.0 Å². The number of aliphatic carboxylic acids is 1. The molecule has 0 aromatic heterocycles. The molecule has 0 amide bonds. The second-order valence-corrected chi connectivity index (χ2v) is 15.4. The highest BCUT2D eigenvalue weighted by molar-refractivity contribution is 5.95. The number of fused-ring (bicyclic) bond motifs is 7. The highest BCUT2D eigenvalue weighted by Crippen LogP contribution is 2.75. The zero-order chi connectivity index (χ0) is 25.8. The Kier molecular flexibility index (Phi) is 5.43. The van der Waals surface area contributed by atoms with E-state index in [1.54, 1.807) is 0 Å². The number of carbonyl (C=O) groups is 2. The third kappa shape index (κ3) is 3.26. The minimum Gasteiger partial charge on any atom is -0.481 e.